The summed E-state index contributed by atoms with van der Waals surface area (Å²) in [5.41, 5.74) is 2.59. The van der Waals surface area contributed by atoms with Crippen molar-refractivity contribution in [2.75, 3.05) is 13.6 Å². The Kier molecular flexibility index (Phi) is 9.65. The molecule has 0 spiro atoms. The molecular formula is C24H31ClN4O3. The number of Topliss-reactive ketones (excluding diaryl/α,β-unsaturated/α-hetero) is 1. The van der Waals surface area contributed by atoms with Gasteiger partial charge < -0.3 is 14.6 Å². The van der Waals surface area contributed by atoms with Crippen molar-refractivity contribution in [2.24, 2.45) is 17.0 Å². The maximum Gasteiger partial charge on any atom is 0.303 e. The molecule has 0 radical (unpaired) electrons. The normalized spacial score (nSPS) is 11.5. The van der Waals surface area contributed by atoms with Gasteiger partial charge in [-0.15, -0.1) is 0 Å². The zero-order valence-electron chi connectivity index (χ0n) is 18.8. The highest BCUT2D eigenvalue weighted by atomic mass is 35.5. The summed E-state index contributed by atoms with van der Waals surface area (Å²) >= 11 is 6.21. The first-order valence-electron chi connectivity index (χ1n) is 10.7. The molecule has 1 aromatic heterocycles. The number of carbonyl (C=O) groups excluding carboxylic acids is 1. The van der Waals surface area contributed by atoms with Crippen molar-refractivity contribution < 1.29 is 14.7 Å². The molecular weight excluding hydrogens is 428 g/mol. The average Bonchev–Trinajstić information content (AvgIpc) is 3.02. The standard InChI is InChI=1S/C24H31ClN4O3/c1-5-27-24(26-2)28(3)15-8-6-7-10-20-23(21(30)11-9-12-22(31)32)18-16-17(25)13-14-19(18)29(20)4/h5,13-14,16H,1-2,6-12,15H2,3-4H3,(H,31,32). The largest absolute Gasteiger partial charge is 0.481 e. The molecule has 1 N–H and O–H groups in total. The second-order valence-corrected chi connectivity index (χ2v) is 8.15. The van der Waals surface area contributed by atoms with Crippen LogP contribution in [-0.4, -0.2) is 52.6 Å². The number of hydrogen-bond acceptors (Lipinski definition) is 3. The number of guanidine groups is 1. The van der Waals surface area contributed by atoms with E-state index >= 15 is 0 Å². The summed E-state index contributed by atoms with van der Waals surface area (Å²) < 4.78 is 2.05. The number of hydrogen-bond donors (Lipinski definition) is 1. The molecule has 2 rings (SSSR count). The first-order chi connectivity index (χ1) is 15.3. The molecule has 7 nitrogen and oxygen atoms in total. The van der Waals surface area contributed by atoms with Crippen LogP contribution >= 0.6 is 11.6 Å². The molecule has 0 aliphatic heterocycles. The predicted molar refractivity (Wildman–Crippen MR) is 131 cm³/mol. The van der Waals surface area contributed by atoms with E-state index in [0.29, 0.717) is 23.0 Å². The molecule has 0 bridgehead atoms. The van der Waals surface area contributed by atoms with E-state index in [1.54, 1.807) is 0 Å². The van der Waals surface area contributed by atoms with Crippen LogP contribution in [0.25, 0.3) is 10.9 Å². The Morgan fingerprint density at radius 3 is 2.62 bits per heavy atom. The summed E-state index contributed by atoms with van der Waals surface area (Å²) in [6.45, 7) is 7.91. The number of carbonyl (C=O) groups is 2. The molecule has 172 valence electrons. The monoisotopic (exact) mass is 458 g/mol. The van der Waals surface area contributed by atoms with Crippen LogP contribution in [0.3, 0.4) is 0 Å². The van der Waals surface area contributed by atoms with Crippen LogP contribution in [0.1, 0.15) is 54.6 Å². The average molecular weight is 459 g/mol. The van der Waals surface area contributed by atoms with E-state index in [1.807, 2.05) is 37.2 Å². The molecule has 0 atom stereocenters. The molecule has 0 aliphatic rings. The lowest BCUT2D eigenvalue weighted by Gasteiger charge is -2.17. The number of ketones is 1. The number of fused-ring (bicyclic) bond motifs is 1. The number of aliphatic imine (C=N–C) groups is 2. The lowest BCUT2D eigenvalue weighted by Crippen LogP contribution is -2.25. The molecule has 0 fully saturated rings. The molecule has 0 saturated carbocycles. The number of rotatable bonds is 12. The molecule has 2 aromatic rings. The molecule has 1 heterocycles. The second kappa shape index (κ2) is 12.2. The quantitative estimate of drug-likeness (QED) is 0.207. The SMILES string of the molecule is C=CN=C(N=C)N(C)CCCCCc1c(C(=O)CCCC(=O)O)c2cc(Cl)ccc2n1C. The van der Waals surface area contributed by atoms with E-state index in [4.69, 9.17) is 16.7 Å². The second-order valence-electron chi connectivity index (χ2n) is 7.71. The number of halogens is 1. The first-order valence-corrected chi connectivity index (χ1v) is 11.1. The summed E-state index contributed by atoms with van der Waals surface area (Å²) in [4.78, 5) is 33.8. The maximum absolute atomic E-state index is 13.0. The Balaban J connectivity index is 2.11. The summed E-state index contributed by atoms with van der Waals surface area (Å²) in [5, 5.41) is 10.3. The number of aliphatic carboxylic acids is 1. The van der Waals surface area contributed by atoms with Crippen LogP contribution < -0.4 is 0 Å². The summed E-state index contributed by atoms with van der Waals surface area (Å²) in [6.07, 6.45) is 5.53. The number of carboxylic acid groups (broad SMARTS) is 1. The fraction of sp³-hybridized carbons (Fsp3) is 0.417. The van der Waals surface area contributed by atoms with Crippen molar-refractivity contribution in [2.45, 2.75) is 44.9 Å². The summed E-state index contributed by atoms with van der Waals surface area (Å²) in [6, 6.07) is 5.56. The molecule has 0 saturated heterocycles. The minimum absolute atomic E-state index is 0.0170. The van der Waals surface area contributed by atoms with E-state index in [9.17, 15) is 9.59 Å². The van der Waals surface area contributed by atoms with E-state index in [0.717, 1.165) is 48.8 Å². The van der Waals surface area contributed by atoms with Gasteiger partial charge in [0.05, 0.1) is 0 Å². The third-order valence-corrected chi connectivity index (χ3v) is 5.69. The van der Waals surface area contributed by atoms with Gasteiger partial charge in [0, 0.05) is 66.9 Å². The Labute approximate surface area is 194 Å². The number of aromatic nitrogens is 1. The van der Waals surface area contributed by atoms with Gasteiger partial charge in [-0.3, -0.25) is 9.59 Å². The Morgan fingerprint density at radius 2 is 1.97 bits per heavy atom. The number of aryl methyl sites for hydroxylation is 1. The van der Waals surface area contributed by atoms with Crippen molar-refractivity contribution in [3.63, 3.8) is 0 Å². The lowest BCUT2D eigenvalue weighted by molar-refractivity contribution is -0.137. The predicted octanol–water partition coefficient (Wildman–Crippen LogP) is 5.11. The van der Waals surface area contributed by atoms with Crippen LogP contribution in [0, 0.1) is 0 Å². The van der Waals surface area contributed by atoms with E-state index in [1.165, 1.54) is 6.20 Å². The van der Waals surface area contributed by atoms with E-state index < -0.39 is 5.97 Å². The minimum Gasteiger partial charge on any atom is -0.481 e. The van der Waals surface area contributed by atoms with Crippen molar-refractivity contribution in [1.82, 2.24) is 9.47 Å². The number of benzene rings is 1. The minimum atomic E-state index is -0.892. The van der Waals surface area contributed by atoms with Gasteiger partial charge in [0.1, 0.15) is 0 Å². The maximum atomic E-state index is 13.0. The Hall–Kier alpha value is -2.93. The van der Waals surface area contributed by atoms with Gasteiger partial charge in [0.15, 0.2) is 5.78 Å². The molecule has 0 aliphatic carbocycles. The Bertz CT molecular complexity index is 1030. The Morgan fingerprint density at radius 1 is 1.22 bits per heavy atom. The molecule has 0 amide bonds. The topological polar surface area (TPSA) is 87.3 Å². The zero-order chi connectivity index (χ0) is 23.7. The van der Waals surface area contributed by atoms with Gasteiger partial charge in [-0.2, -0.15) is 0 Å². The van der Waals surface area contributed by atoms with Crippen LogP contribution in [0.15, 0.2) is 41.0 Å². The first kappa shape index (κ1) is 25.3. The van der Waals surface area contributed by atoms with Gasteiger partial charge >= 0.3 is 5.97 Å². The molecule has 32 heavy (non-hydrogen) atoms. The number of unbranched alkanes of at least 4 members (excludes halogenated alkanes) is 2. The van der Waals surface area contributed by atoms with Gasteiger partial charge in [-0.1, -0.05) is 24.6 Å². The van der Waals surface area contributed by atoms with Crippen LogP contribution in [0.5, 0.6) is 0 Å². The van der Waals surface area contributed by atoms with Gasteiger partial charge in [-0.05, 0) is 50.6 Å². The highest BCUT2D eigenvalue weighted by Gasteiger charge is 2.21. The number of carboxylic acids is 1. The van der Waals surface area contributed by atoms with Crippen LogP contribution in [-0.2, 0) is 18.3 Å². The van der Waals surface area contributed by atoms with Gasteiger partial charge in [0.2, 0.25) is 5.96 Å². The fourth-order valence-electron chi connectivity index (χ4n) is 3.86. The van der Waals surface area contributed by atoms with Crippen molar-refractivity contribution in [3.8, 4) is 0 Å². The van der Waals surface area contributed by atoms with Crippen molar-refractivity contribution >= 4 is 46.9 Å². The lowest BCUT2D eigenvalue weighted by atomic mass is 9.99. The van der Waals surface area contributed by atoms with E-state index in [2.05, 4.69) is 27.8 Å². The van der Waals surface area contributed by atoms with Crippen molar-refractivity contribution in [1.29, 1.82) is 0 Å². The summed E-state index contributed by atoms with van der Waals surface area (Å²) in [5.74, 6) is -0.382. The molecule has 0 unspecified atom stereocenters. The third kappa shape index (κ3) is 6.53. The smallest absolute Gasteiger partial charge is 0.303 e. The van der Waals surface area contributed by atoms with Crippen LogP contribution in [0.2, 0.25) is 5.02 Å². The molecule has 1 aromatic carbocycles. The highest BCUT2D eigenvalue weighted by Crippen LogP contribution is 2.30. The zero-order valence-corrected chi connectivity index (χ0v) is 19.6. The highest BCUT2D eigenvalue weighted by molar-refractivity contribution is 6.31. The van der Waals surface area contributed by atoms with Crippen molar-refractivity contribution in [3.05, 3.63) is 47.3 Å². The molecule has 8 heteroatoms. The number of nitrogens with zero attached hydrogens (tertiary/aromatic N) is 4. The fourth-order valence-corrected chi connectivity index (χ4v) is 4.03. The summed E-state index contributed by atoms with van der Waals surface area (Å²) in [7, 11) is 3.87. The van der Waals surface area contributed by atoms with E-state index in [-0.39, 0.29) is 18.6 Å². The van der Waals surface area contributed by atoms with Crippen LogP contribution in [0.4, 0.5) is 0 Å². The van der Waals surface area contributed by atoms with Gasteiger partial charge in [0.25, 0.3) is 0 Å². The van der Waals surface area contributed by atoms with Gasteiger partial charge in [-0.25, -0.2) is 9.98 Å². The third-order valence-electron chi connectivity index (χ3n) is 5.45.